The lowest BCUT2D eigenvalue weighted by molar-refractivity contribution is 0.138. The van der Waals surface area contributed by atoms with Crippen LogP contribution in [-0.4, -0.2) is 42.5 Å². The van der Waals surface area contributed by atoms with Gasteiger partial charge < -0.3 is 0 Å². The number of hydrogen-bond donors (Lipinski definition) is 0. The summed E-state index contributed by atoms with van der Waals surface area (Å²) >= 11 is 0. The van der Waals surface area contributed by atoms with Crippen LogP contribution in [0, 0.1) is 18.3 Å². The van der Waals surface area contributed by atoms with E-state index in [4.69, 9.17) is 5.26 Å². The second-order valence-corrected chi connectivity index (χ2v) is 4.70. The van der Waals surface area contributed by atoms with Crippen LogP contribution < -0.4 is 0 Å². The fraction of sp³-hybridized carbons (Fsp3) is 0.500. The maximum atomic E-state index is 8.64. The maximum absolute atomic E-state index is 8.64. The first-order chi connectivity index (χ1) is 8.28. The van der Waals surface area contributed by atoms with Crippen molar-refractivity contribution in [3.05, 3.63) is 35.4 Å². The molecule has 0 aromatic heterocycles. The van der Waals surface area contributed by atoms with Crippen LogP contribution in [0.5, 0.6) is 0 Å². The summed E-state index contributed by atoms with van der Waals surface area (Å²) in [6, 6.07) is 10.9. The van der Waals surface area contributed by atoms with Gasteiger partial charge in [0, 0.05) is 32.7 Å². The van der Waals surface area contributed by atoms with Crippen molar-refractivity contribution in [2.45, 2.75) is 13.5 Å². The van der Waals surface area contributed by atoms with E-state index in [1.165, 1.54) is 11.1 Å². The topological polar surface area (TPSA) is 30.3 Å². The summed E-state index contributed by atoms with van der Waals surface area (Å²) in [5.41, 5.74) is 2.71. The second-order valence-electron chi connectivity index (χ2n) is 4.70. The molecule has 0 radical (unpaired) electrons. The zero-order valence-electron chi connectivity index (χ0n) is 10.4. The minimum absolute atomic E-state index is 0.568. The predicted molar refractivity (Wildman–Crippen MR) is 68.5 cm³/mol. The molecule has 1 heterocycles. The SMILES string of the molecule is Cc1cccc(CN2CCN(CC#N)CC2)c1. The highest BCUT2D eigenvalue weighted by atomic mass is 15.3. The molecule has 2 rings (SSSR count). The molecule has 0 saturated carbocycles. The molecule has 17 heavy (non-hydrogen) atoms. The summed E-state index contributed by atoms with van der Waals surface area (Å²) in [4.78, 5) is 4.68. The molecule has 0 amide bonds. The van der Waals surface area contributed by atoms with E-state index in [2.05, 4.69) is 47.1 Å². The van der Waals surface area contributed by atoms with Crippen molar-refractivity contribution in [3.8, 4) is 6.07 Å². The van der Waals surface area contributed by atoms with Crippen LogP contribution in [0.2, 0.25) is 0 Å². The van der Waals surface area contributed by atoms with Gasteiger partial charge in [-0.2, -0.15) is 5.26 Å². The first kappa shape index (κ1) is 12.1. The summed E-state index contributed by atoms with van der Waals surface area (Å²) in [5, 5.41) is 8.64. The van der Waals surface area contributed by atoms with E-state index < -0.39 is 0 Å². The Morgan fingerprint density at radius 1 is 1.18 bits per heavy atom. The van der Waals surface area contributed by atoms with Crippen molar-refractivity contribution in [2.75, 3.05) is 32.7 Å². The van der Waals surface area contributed by atoms with Crippen LogP contribution in [0.3, 0.4) is 0 Å². The van der Waals surface area contributed by atoms with Gasteiger partial charge in [0.15, 0.2) is 0 Å². The summed E-state index contributed by atoms with van der Waals surface area (Å²) in [7, 11) is 0. The van der Waals surface area contributed by atoms with Gasteiger partial charge >= 0.3 is 0 Å². The van der Waals surface area contributed by atoms with Gasteiger partial charge in [-0.1, -0.05) is 29.8 Å². The van der Waals surface area contributed by atoms with Gasteiger partial charge in [-0.15, -0.1) is 0 Å². The number of aryl methyl sites for hydroxylation is 1. The van der Waals surface area contributed by atoms with E-state index in [9.17, 15) is 0 Å². The number of nitriles is 1. The van der Waals surface area contributed by atoms with E-state index >= 15 is 0 Å². The molecule has 3 nitrogen and oxygen atoms in total. The highest BCUT2D eigenvalue weighted by Crippen LogP contribution is 2.10. The Hall–Kier alpha value is -1.37. The van der Waals surface area contributed by atoms with Crippen molar-refractivity contribution >= 4 is 0 Å². The van der Waals surface area contributed by atoms with Crippen LogP contribution >= 0.6 is 0 Å². The van der Waals surface area contributed by atoms with E-state index in [0.29, 0.717) is 6.54 Å². The van der Waals surface area contributed by atoms with Crippen molar-refractivity contribution in [1.29, 1.82) is 5.26 Å². The van der Waals surface area contributed by atoms with Gasteiger partial charge in [0.25, 0.3) is 0 Å². The zero-order valence-corrected chi connectivity index (χ0v) is 10.4. The number of rotatable bonds is 3. The summed E-state index contributed by atoms with van der Waals surface area (Å²) in [6.45, 7) is 7.89. The molecule has 0 bridgehead atoms. The van der Waals surface area contributed by atoms with Gasteiger partial charge in [0.1, 0.15) is 0 Å². The summed E-state index contributed by atoms with van der Waals surface area (Å²) < 4.78 is 0. The van der Waals surface area contributed by atoms with E-state index in [-0.39, 0.29) is 0 Å². The highest BCUT2D eigenvalue weighted by molar-refractivity contribution is 5.22. The average Bonchev–Trinajstić information content (AvgIpc) is 2.32. The molecule has 1 aromatic carbocycles. The lowest BCUT2D eigenvalue weighted by Crippen LogP contribution is -2.45. The van der Waals surface area contributed by atoms with Crippen molar-refractivity contribution in [3.63, 3.8) is 0 Å². The van der Waals surface area contributed by atoms with Gasteiger partial charge in [0.05, 0.1) is 12.6 Å². The van der Waals surface area contributed by atoms with Gasteiger partial charge in [-0.3, -0.25) is 9.80 Å². The van der Waals surface area contributed by atoms with Crippen LogP contribution in [0.1, 0.15) is 11.1 Å². The van der Waals surface area contributed by atoms with Gasteiger partial charge in [-0.25, -0.2) is 0 Å². The molecular formula is C14H19N3. The fourth-order valence-corrected chi connectivity index (χ4v) is 2.27. The molecule has 3 heteroatoms. The Morgan fingerprint density at radius 2 is 1.88 bits per heavy atom. The Balaban J connectivity index is 1.84. The predicted octanol–water partition coefficient (Wildman–Crippen LogP) is 1.64. The van der Waals surface area contributed by atoms with Crippen molar-refractivity contribution in [1.82, 2.24) is 9.80 Å². The molecule has 1 aliphatic rings. The lowest BCUT2D eigenvalue weighted by Gasteiger charge is -2.33. The molecule has 0 aliphatic carbocycles. The van der Waals surface area contributed by atoms with Gasteiger partial charge in [-0.05, 0) is 12.5 Å². The van der Waals surface area contributed by atoms with Crippen molar-refractivity contribution < 1.29 is 0 Å². The molecule has 1 saturated heterocycles. The maximum Gasteiger partial charge on any atom is 0.0866 e. The molecule has 0 N–H and O–H groups in total. The Morgan fingerprint density at radius 3 is 2.53 bits per heavy atom. The molecule has 0 spiro atoms. The molecule has 1 aliphatic heterocycles. The monoisotopic (exact) mass is 229 g/mol. The van der Waals surface area contributed by atoms with Crippen molar-refractivity contribution in [2.24, 2.45) is 0 Å². The third-order valence-corrected chi connectivity index (χ3v) is 3.25. The van der Waals surface area contributed by atoms with Gasteiger partial charge in [0.2, 0.25) is 0 Å². The Labute approximate surface area is 103 Å². The Bertz CT molecular complexity index is 400. The normalized spacial score (nSPS) is 17.9. The largest absolute Gasteiger partial charge is 0.297 e. The van der Waals surface area contributed by atoms with Crippen LogP contribution in [0.15, 0.2) is 24.3 Å². The minimum atomic E-state index is 0.568. The average molecular weight is 229 g/mol. The van der Waals surface area contributed by atoms with E-state index in [0.717, 1.165) is 32.7 Å². The smallest absolute Gasteiger partial charge is 0.0866 e. The third-order valence-electron chi connectivity index (χ3n) is 3.25. The van der Waals surface area contributed by atoms with E-state index in [1.807, 2.05) is 0 Å². The number of hydrogen-bond acceptors (Lipinski definition) is 3. The first-order valence-corrected chi connectivity index (χ1v) is 6.15. The minimum Gasteiger partial charge on any atom is -0.297 e. The molecule has 90 valence electrons. The Kier molecular flexibility index (Phi) is 4.13. The molecule has 1 aromatic rings. The molecule has 0 atom stereocenters. The summed E-state index contributed by atoms with van der Waals surface area (Å²) in [6.07, 6.45) is 0. The number of piperazine rings is 1. The lowest BCUT2D eigenvalue weighted by atomic mass is 10.1. The van der Waals surface area contributed by atoms with E-state index in [1.54, 1.807) is 0 Å². The number of nitrogens with zero attached hydrogens (tertiary/aromatic N) is 3. The van der Waals surface area contributed by atoms with Crippen LogP contribution in [-0.2, 0) is 6.54 Å². The molecule has 1 fully saturated rings. The summed E-state index contributed by atoms with van der Waals surface area (Å²) in [5.74, 6) is 0. The first-order valence-electron chi connectivity index (χ1n) is 6.15. The van der Waals surface area contributed by atoms with Crippen LogP contribution in [0.25, 0.3) is 0 Å². The second kappa shape index (κ2) is 5.81. The zero-order chi connectivity index (χ0) is 12.1. The highest BCUT2D eigenvalue weighted by Gasteiger charge is 2.16. The quantitative estimate of drug-likeness (QED) is 0.738. The van der Waals surface area contributed by atoms with Crippen LogP contribution in [0.4, 0.5) is 0 Å². The molecule has 0 unspecified atom stereocenters. The standard InChI is InChI=1S/C14H19N3/c1-13-3-2-4-14(11-13)12-17-9-7-16(6-5-15)8-10-17/h2-4,11H,6-10,12H2,1H3. The molecular weight excluding hydrogens is 210 g/mol. The number of benzene rings is 1. The fourth-order valence-electron chi connectivity index (χ4n) is 2.27. The third kappa shape index (κ3) is 3.55.